The van der Waals surface area contributed by atoms with Crippen LogP contribution in [0.1, 0.15) is 52.9 Å². The van der Waals surface area contributed by atoms with Gasteiger partial charge in [-0.25, -0.2) is 0 Å². The Morgan fingerprint density at radius 1 is 1.53 bits per heavy atom. The van der Waals surface area contributed by atoms with Gasteiger partial charge in [0.25, 0.3) is 0 Å². The lowest BCUT2D eigenvalue weighted by atomic mass is 9.76. The molecule has 1 aliphatic rings. The van der Waals surface area contributed by atoms with Crippen molar-refractivity contribution in [3.05, 3.63) is 11.6 Å². The fraction of sp³-hybridized carbons (Fsp3) is 0.769. The highest BCUT2D eigenvalue weighted by atomic mass is 16.5. The SMILES string of the molecule is CCOC(=O)CCC1=CCCC(C)(C)C1. The highest BCUT2D eigenvalue weighted by molar-refractivity contribution is 5.69. The van der Waals surface area contributed by atoms with Gasteiger partial charge in [-0.15, -0.1) is 0 Å². The van der Waals surface area contributed by atoms with Crippen molar-refractivity contribution in [2.45, 2.75) is 52.9 Å². The average molecular weight is 210 g/mol. The summed E-state index contributed by atoms with van der Waals surface area (Å²) < 4.78 is 4.92. The summed E-state index contributed by atoms with van der Waals surface area (Å²) in [6.45, 7) is 6.93. The van der Waals surface area contributed by atoms with E-state index in [0.717, 1.165) is 19.3 Å². The molecule has 0 aliphatic heterocycles. The summed E-state index contributed by atoms with van der Waals surface area (Å²) in [4.78, 5) is 11.2. The van der Waals surface area contributed by atoms with E-state index in [0.29, 0.717) is 18.4 Å². The van der Waals surface area contributed by atoms with Crippen molar-refractivity contribution in [3.63, 3.8) is 0 Å². The number of rotatable bonds is 4. The number of allylic oxidation sites excluding steroid dienone is 2. The van der Waals surface area contributed by atoms with Gasteiger partial charge in [0.2, 0.25) is 0 Å². The molecule has 1 aliphatic carbocycles. The number of ether oxygens (including phenoxy) is 1. The second-order valence-corrected chi connectivity index (χ2v) is 5.05. The number of esters is 1. The van der Waals surface area contributed by atoms with E-state index in [-0.39, 0.29) is 5.97 Å². The second kappa shape index (κ2) is 5.34. The first-order valence-electron chi connectivity index (χ1n) is 5.87. The molecule has 0 atom stereocenters. The molecule has 0 fully saturated rings. The molecule has 0 spiro atoms. The molecule has 0 radical (unpaired) electrons. The molecule has 2 heteroatoms. The third-order valence-corrected chi connectivity index (χ3v) is 2.92. The van der Waals surface area contributed by atoms with E-state index in [2.05, 4.69) is 19.9 Å². The van der Waals surface area contributed by atoms with Crippen LogP contribution >= 0.6 is 0 Å². The van der Waals surface area contributed by atoms with E-state index < -0.39 is 0 Å². The maximum atomic E-state index is 11.2. The highest BCUT2D eigenvalue weighted by Crippen LogP contribution is 2.36. The fourth-order valence-electron chi connectivity index (χ4n) is 2.13. The Bertz CT molecular complexity index is 251. The lowest BCUT2D eigenvalue weighted by Gasteiger charge is -2.29. The summed E-state index contributed by atoms with van der Waals surface area (Å²) in [5.41, 5.74) is 1.85. The van der Waals surface area contributed by atoms with Gasteiger partial charge in [0, 0.05) is 6.42 Å². The van der Waals surface area contributed by atoms with Crippen molar-refractivity contribution in [3.8, 4) is 0 Å². The Kier molecular flexibility index (Phi) is 4.37. The maximum absolute atomic E-state index is 11.2. The molecule has 0 aromatic rings. The molecule has 86 valence electrons. The quantitative estimate of drug-likeness (QED) is 0.524. The lowest BCUT2D eigenvalue weighted by Crippen LogP contribution is -2.16. The van der Waals surface area contributed by atoms with Crippen molar-refractivity contribution in [2.75, 3.05) is 6.61 Å². The summed E-state index contributed by atoms with van der Waals surface area (Å²) in [6.07, 6.45) is 7.26. The first kappa shape index (κ1) is 12.3. The van der Waals surface area contributed by atoms with E-state index in [1.165, 1.54) is 12.0 Å². The number of hydrogen-bond donors (Lipinski definition) is 0. The topological polar surface area (TPSA) is 26.3 Å². The molecule has 0 aromatic carbocycles. The molecule has 2 nitrogen and oxygen atoms in total. The smallest absolute Gasteiger partial charge is 0.306 e. The van der Waals surface area contributed by atoms with Crippen molar-refractivity contribution >= 4 is 5.97 Å². The lowest BCUT2D eigenvalue weighted by molar-refractivity contribution is -0.143. The summed E-state index contributed by atoms with van der Waals surface area (Å²) in [6, 6.07) is 0. The van der Waals surface area contributed by atoms with Gasteiger partial charge in [-0.2, -0.15) is 0 Å². The van der Waals surface area contributed by atoms with Crippen LogP contribution in [0.25, 0.3) is 0 Å². The summed E-state index contributed by atoms with van der Waals surface area (Å²) in [5, 5.41) is 0. The van der Waals surface area contributed by atoms with Crippen LogP contribution in [-0.4, -0.2) is 12.6 Å². The predicted molar refractivity (Wildman–Crippen MR) is 61.6 cm³/mol. The molecule has 0 amide bonds. The molecule has 1 rings (SSSR count). The molecule has 0 bridgehead atoms. The average Bonchev–Trinajstić information content (AvgIpc) is 2.14. The minimum atomic E-state index is -0.0678. The van der Waals surface area contributed by atoms with Crippen LogP contribution in [0.2, 0.25) is 0 Å². The van der Waals surface area contributed by atoms with Crippen LogP contribution in [-0.2, 0) is 9.53 Å². The van der Waals surface area contributed by atoms with Gasteiger partial charge in [0.15, 0.2) is 0 Å². The zero-order chi connectivity index (χ0) is 11.3. The van der Waals surface area contributed by atoms with Gasteiger partial charge >= 0.3 is 5.97 Å². The van der Waals surface area contributed by atoms with E-state index in [4.69, 9.17) is 4.74 Å². The van der Waals surface area contributed by atoms with Crippen LogP contribution < -0.4 is 0 Å². The van der Waals surface area contributed by atoms with Crippen molar-refractivity contribution in [1.29, 1.82) is 0 Å². The van der Waals surface area contributed by atoms with Crippen LogP contribution in [0.3, 0.4) is 0 Å². The first-order chi connectivity index (χ1) is 7.03. The minimum Gasteiger partial charge on any atom is -0.466 e. The van der Waals surface area contributed by atoms with E-state index in [9.17, 15) is 4.79 Å². The molecule has 0 saturated heterocycles. The molecule has 0 heterocycles. The number of carbonyl (C=O) groups excluding carboxylic acids is 1. The Balaban J connectivity index is 2.33. The van der Waals surface area contributed by atoms with Gasteiger partial charge in [-0.1, -0.05) is 25.5 Å². The molecule has 0 saturated carbocycles. The Morgan fingerprint density at radius 3 is 2.87 bits per heavy atom. The summed E-state index contributed by atoms with van der Waals surface area (Å²) >= 11 is 0. The van der Waals surface area contributed by atoms with E-state index >= 15 is 0 Å². The van der Waals surface area contributed by atoms with Gasteiger partial charge in [-0.3, -0.25) is 4.79 Å². The number of carbonyl (C=O) groups is 1. The van der Waals surface area contributed by atoms with Crippen molar-refractivity contribution in [1.82, 2.24) is 0 Å². The summed E-state index contributed by atoms with van der Waals surface area (Å²) in [7, 11) is 0. The Hall–Kier alpha value is -0.790. The highest BCUT2D eigenvalue weighted by Gasteiger charge is 2.22. The summed E-state index contributed by atoms with van der Waals surface area (Å²) in [5.74, 6) is -0.0678. The predicted octanol–water partition coefficient (Wildman–Crippen LogP) is 3.47. The third kappa shape index (κ3) is 4.50. The Morgan fingerprint density at radius 2 is 2.27 bits per heavy atom. The van der Waals surface area contributed by atoms with E-state index in [1.807, 2.05) is 6.92 Å². The largest absolute Gasteiger partial charge is 0.466 e. The van der Waals surface area contributed by atoms with Crippen LogP contribution in [0.5, 0.6) is 0 Å². The second-order valence-electron chi connectivity index (χ2n) is 5.05. The number of hydrogen-bond acceptors (Lipinski definition) is 2. The van der Waals surface area contributed by atoms with Gasteiger partial charge in [0.05, 0.1) is 6.61 Å². The molecule has 15 heavy (non-hydrogen) atoms. The zero-order valence-electron chi connectivity index (χ0n) is 10.1. The van der Waals surface area contributed by atoms with Gasteiger partial charge in [-0.05, 0) is 38.0 Å². The van der Waals surface area contributed by atoms with Crippen LogP contribution in [0.15, 0.2) is 11.6 Å². The van der Waals surface area contributed by atoms with Crippen molar-refractivity contribution in [2.24, 2.45) is 5.41 Å². The molecule has 0 unspecified atom stereocenters. The monoisotopic (exact) mass is 210 g/mol. The molecular weight excluding hydrogens is 188 g/mol. The molecule has 0 aromatic heterocycles. The maximum Gasteiger partial charge on any atom is 0.306 e. The van der Waals surface area contributed by atoms with Crippen LogP contribution in [0.4, 0.5) is 0 Å². The van der Waals surface area contributed by atoms with Gasteiger partial charge in [0.1, 0.15) is 0 Å². The minimum absolute atomic E-state index is 0.0678. The van der Waals surface area contributed by atoms with E-state index in [1.54, 1.807) is 0 Å². The standard InChI is InChI=1S/C13H22O2/c1-4-15-12(14)8-7-11-6-5-9-13(2,3)10-11/h6H,4-5,7-10H2,1-3H3. The first-order valence-corrected chi connectivity index (χ1v) is 5.87. The Labute approximate surface area is 92.7 Å². The molecular formula is C13H22O2. The molecule has 0 N–H and O–H groups in total. The fourth-order valence-corrected chi connectivity index (χ4v) is 2.13. The third-order valence-electron chi connectivity index (χ3n) is 2.92. The normalized spacial score (nSPS) is 19.5. The zero-order valence-corrected chi connectivity index (χ0v) is 10.1. The van der Waals surface area contributed by atoms with Gasteiger partial charge < -0.3 is 4.74 Å². The van der Waals surface area contributed by atoms with Crippen LogP contribution in [0, 0.1) is 5.41 Å². The van der Waals surface area contributed by atoms with Crippen molar-refractivity contribution < 1.29 is 9.53 Å².